The molecule has 0 radical (unpaired) electrons. The number of rotatable bonds is 10. The first-order valence-corrected chi connectivity index (χ1v) is 7.91. The summed E-state index contributed by atoms with van der Waals surface area (Å²) in [6.45, 7) is 10.9. The Labute approximate surface area is 110 Å². The van der Waals surface area contributed by atoms with Crippen LogP contribution in [0.2, 0.25) is 0 Å². The lowest BCUT2D eigenvalue weighted by atomic mass is 9.98. The van der Waals surface area contributed by atoms with Crippen molar-refractivity contribution in [2.75, 3.05) is 18.5 Å². The zero-order valence-electron chi connectivity index (χ0n) is 11.5. The van der Waals surface area contributed by atoms with E-state index in [0.29, 0.717) is 11.8 Å². The third kappa shape index (κ3) is 7.67. The lowest BCUT2D eigenvalue weighted by Gasteiger charge is -2.20. The van der Waals surface area contributed by atoms with E-state index in [1.807, 2.05) is 0 Å². The smallest absolute Gasteiger partial charge is 0.0504 e. The second kappa shape index (κ2) is 10.6. The first kappa shape index (κ1) is 16.4. The van der Waals surface area contributed by atoms with Gasteiger partial charge in [0.1, 0.15) is 0 Å². The minimum absolute atomic E-state index is 0.656. The average Bonchev–Trinajstić information content (AvgIpc) is 2.28. The molecule has 0 saturated heterocycles. The minimum atomic E-state index is 0.656. The van der Waals surface area contributed by atoms with E-state index in [1.54, 1.807) is 0 Å². The fourth-order valence-electron chi connectivity index (χ4n) is 1.70. The van der Waals surface area contributed by atoms with Crippen molar-refractivity contribution >= 4 is 15.9 Å². The number of hydrogen-bond acceptors (Lipinski definition) is 1. The van der Waals surface area contributed by atoms with Crippen LogP contribution < -0.4 is 0 Å². The monoisotopic (exact) mass is 292 g/mol. The average molecular weight is 293 g/mol. The lowest BCUT2D eigenvalue weighted by molar-refractivity contribution is 0.0615. The molecule has 16 heavy (non-hydrogen) atoms. The Bertz CT molecular complexity index is 148. The van der Waals surface area contributed by atoms with Gasteiger partial charge in [0.15, 0.2) is 0 Å². The second-order valence-corrected chi connectivity index (χ2v) is 5.76. The third-order valence-electron chi connectivity index (χ3n) is 3.37. The molecule has 0 heterocycles. The van der Waals surface area contributed by atoms with Gasteiger partial charge in [0.2, 0.25) is 0 Å². The van der Waals surface area contributed by atoms with Gasteiger partial charge >= 0.3 is 0 Å². The van der Waals surface area contributed by atoms with Gasteiger partial charge in [0.05, 0.1) is 6.61 Å². The van der Waals surface area contributed by atoms with Crippen LogP contribution in [0.5, 0.6) is 0 Å². The quantitative estimate of drug-likeness (QED) is 0.521. The van der Waals surface area contributed by atoms with Crippen LogP contribution in [-0.2, 0) is 4.74 Å². The molecule has 0 aromatic heterocycles. The largest absolute Gasteiger partial charge is 0.381 e. The minimum Gasteiger partial charge on any atom is -0.381 e. The second-order valence-electron chi connectivity index (χ2n) is 5.11. The predicted octanol–water partition coefficient (Wildman–Crippen LogP) is 4.89. The van der Waals surface area contributed by atoms with Gasteiger partial charge in [-0.25, -0.2) is 0 Å². The van der Waals surface area contributed by atoms with Crippen LogP contribution in [-0.4, -0.2) is 18.5 Å². The summed E-state index contributed by atoms with van der Waals surface area (Å²) in [5.41, 5.74) is 0. The maximum Gasteiger partial charge on any atom is 0.0504 e. The molecule has 2 heteroatoms. The van der Waals surface area contributed by atoms with Crippen molar-refractivity contribution < 1.29 is 4.74 Å². The van der Waals surface area contributed by atoms with Crippen molar-refractivity contribution in [3.63, 3.8) is 0 Å². The Kier molecular flexibility index (Phi) is 10.9. The maximum atomic E-state index is 5.87. The Morgan fingerprint density at radius 2 is 1.81 bits per heavy atom. The number of alkyl halides is 1. The van der Waals surface area contributed by atoms with Gasteiger partial charge in [-0.2, -0.15) is 0 Å². The zero-order chi connectivity index (χ0) is 12.4. The van der Waals surface area contributed by atoms with Crippen molar-refractivity contribution in [3.05, 3.63) is 0 Å². The third-order valence-corrected chi connectivity index (χ3v) is 4.20. The molecule has 0 bridgehead atoms. The van der Waals surface area contributed by atoms with Crippen molar-refractivity contribution in [1.29, 1.82) is 0 Å². The van der Waals surface area contributed by atoms with E-state index in [2.05, 4.69) is 43.6 Å². The highest BCUT2D eigenvalue weighted by Crippen LogP contribution is 2.17. The summed E-state index contributed by atoms with van der Waals surface area (Å²) in [7, 11) is 0. The van der Waals surface area contributed by atoms with Crippen LogP contribution in [0.4, 0.5) is 0 Å². The number of unbranched alkanes of at least 4 members (excludes halogenated alkanes) is 1. The molecule has 0 aromatic rings. The molecule has 2 unspecified atom stereocenters. The molecule has 1 nitrogen and oxygen atoms in total. The van der Waals surface area contributed by atoms with Crippen LogP contribution in [0.15, 0.2) is 0 Å². The number of halogens is 1. The molecule has 0 amide bonds. The maximum absolute atomic E-state index is 5.87. The van der Waals surface area contributed by atoms with Crippen molar-refractivity contribution in [2.45, 2.75) is 53.4 Å². The lowest BCUT2D eigenvalue weighted by Crippen LogP contribution is -2.20. The highest BCUT2D eigenvalue weighted by molar-refractivity contribution is 9.09. The molecule has 2 atom stereocenters. The van der Waals surface area contributed by atoms with Gasteiger partial charge < -0.3 is 4.74 Å². The number of ether oxygens (including phenoxy) is 1. The van der Waals surface area contributed by atoms with Crippen LogP contribution >= 0.6 is 15.9 Å². The van der Waals surface area contributed by atoms with Crippen molar-refractivity contribution in [3.8, 4) is 0 Å². The standard InChI is InChI=1S/C14H29BrO/c1-5-7-8-13(6-2)10-16-11-14(9-15)12(3)4/h12-14H,5-11H2,1-4H3. The molecule has 0 fully saturated rings. The SMILES string of the molecule is CCCCC(CC)COCC(CBr)C(C)C. The topological polar surface area (TPSA) is 9.23 Å². The van der Waals surface area contributed by atoms with E-state index >= 15 is 0 Å². The van der Waals surface area contributed by atoms with E-state index in [9.17, 15) is 0 Å². The molecule has 0 aliphatic carbocycles. The van der Waals surface area contributed by atoms with Crippen LogP contribution in [0, 0.1) is 17.8 Å². The molecule has 98 valence electrons. The van der Waals surface area contributed by atoms with Crippen LogP contribution in [0.3, 0.4) is 0 Å². The highest BCUT2D eigenvalue weighted by Gasteiger charge is 2.13. The molecule has 0 aromatic carbocycles. The van der Waals surface area contributed by atoms with Crippen molar-refractivity contribution in [2.24, 2.45) is 17.8 Å². The summed E-state index contributed by atoms with van der Waals surface area (Å²) in [5.74, 6) is 2.13. The molecule has 0 saturated carbocycles. The highest BCUT2D eigenvalue weighted by atomic mass is 79.9. The molecule has 0 spiro atoms. The molecule has 0 rings (SSSR count). The van der Waals surface area contributed by atoms with Gasteiger partial charge in [-0.05, 0) is 24.2 Å². The molecule has 0 aliphatic rings. The summed E-state index contributed by atoms with van der Waals surface area (Å²) >= 11 is 3.56. The van der Waals surface area contributed by atoms with Gasteiger partial charge in [-0.3, -0.25) is 0 Å². The first-order valence-electron chi connectivity index (χ1n) is 6.79. The summed E-state index contributed by atoms with van der Waals surface area (Å²) in [6.07, 6.45) is 5.22. The molecule has 0 aliphatic heterocycles. The van der Waals surface area contributed by atoms with Crippen LogP contribution in [0.25, 0.3) is 0 Å². The molecular weight excluding hydrogens is 264 g/mol. The summed E-state index contributed by atoms with van der Waals surface area (Å²) in [5, 5.41) is 1.05. The molecule has 0 N–H and O–H groups in total. The Balaban J connectivity index is 3.67. The van der Waals surface area contributed by atoms with Gasteiger partial charge in [0, 0.05) is 11.9 Å². The van der Waals surface area contributed by atoms with E-state index < -0.39 is 0 Å². The molecular formula is C14H29BrO. The number of hydrogen-bond donors (Lipinski definition) is 0. The predicted molar refractivity (Wildman–Crippen MR) is 76.2 cm³/mol. The first-order chi connectivity index (χ1) is 7.65. The van der Waals surface area contributed by atoms with E-state index in [0.717, 1.165) is 24.5 Å². The van der Waals surface area contributed by atoms with E-state index in [1.165, 1.54) is 25.7 Å². The Morgan fingerprint density at radius 1 is 1.12 bits per heavy atom. The van der Waals surface area contributed by atoms with E-state index in [-0.39, 0.29) is 0 Å². The van der Waals surface area contributed by atoms with E-state index in [4.69, 9.17) is 4.74 Å². The fourth-order valence-corrected chi connectivity index (χ4v) is 2.63. The van der Waals surface area contributed by atoms with Gasteiger partial charge in [-0.15, -0.1) is 0 Å². The summed E-state index contributed by atoms with van der Waals surface area (Å²) < 4.78 is 5.87. The van der Waals surface area contributed by atoms with Gasteiger partial charge in [-0.1, -0.05) is 62.9 Å². The fraction of sp³-hybridized carbons (Fsp3) is 1.00. The Hall–Kier alpha value is 0.440. The van der Waals surface area contributed by atoms with Gasteiger partial charge in [0.25, 0.3) is 0 Å². The summed E-state index contributed by atoms with van der Waals surface area (Å²) in [6, 6.07) is 0. The Morgan fingerprint density at radius 3 is 2.25 bits per heavy atom. The van der Waals surface area contributed by atoms with Crippen molar-refractivity contribution in [1.82, 2.24) is 0 Å². The van der Waals surface area contributed by atoms with Crippen LogP contribution in [0.1, 0.15) is 53.4 Å². The normalized spacial score (nSPS) is 15.4. The summed E-state index contributed by atoms with van der Waals surface area (Å²) in [4.78, 5) is 0. The zero-order valence-corrected chi connectivity index (χ0v) is 13.1.